The highest BCUT2D eigenvalue weighted by Crippen LogP contribution is 2.39. The van der Waals surface area contributed by atoms with Crippen molar-refractivity contribution in [2.45, 2.75) is 33.6 Å². The number of carbonyl (C=O) groups is 1. The zero-order valence-electron chi connectivity index (χ0n) is 15.9. The van der Waals surface area contributed by atoms with Gasteiger partial charge in [0.2, 0.25) is 5.76 Å². The largest absolute Gasteiger partial charge is 0.475 e. The van der Waals surface area contributed by atoms with Gasteiger partial charge >= 0.3 is 11.7 Å². The van der Waals surface area contributed by atoms with Crippen molar-refractivity contribution in [3.63, 3.8) is 0 Å². The Morgan fingerprint density at radius 1 is 1.24 bits per heavy atom. The first-order chi connectivity index (χ1) is 13.5. The maximum Gasteiger partial charge on any atom is 0.372 e. The van der Waals surface area contributed by atoms with Crippen LogP contribution in [-0.4, -0.2) is 26.6 Å². The molecule has 1 aliphatic rings. The molecule has 1 heterocycles. The number of carboxylic acid groups (broad SMARTS) is 1. The molecule has 0 saturated heterocycles. The van der Waals surface area contributed by atoms with Crippen LogP contribution in [0.5, 0.6) is 0 Å². The van der Waals surface area contributed by atoms with E-state index in [-0.39, 0.29) is 16.9 Å². The molecular formula is C18H18N4O7. The predicted octanol–water partition coefficient (Wildman–Crippen LogP) is 3.89. The molecule has 1 aromatic heterocycles. The number of hydrazone groups is 1. The van der Waals surface area contributed by atoms with E-state index in [0.29, 0.717) is 35.4 Å². The number of furan rings is 1. The van der Waals surface area contributed by atoms with Gasteiger partial charge in [-0.05, 0) is 24.8 Å². The van der Waals surface area contributed by atoms with Gasteiger partial charge in [0.15, 0.2) is 0 Å². The van der Waals surface area contributed by atoms with Crippen molar-refractivity contribution in [2.24, 2.45) is 10.5 Å². The number of nitrogens with one attached hydrogen (secondary N) is 1. The summed E-state index contributed by atoms with van der Waals surface area (Å²) in [5.74, 6) is -0.857. The molecule has 0 saturated carbocycles. The second-order valence-electron chi connectivity index (χ2n) is 7.56. The van der Waals surface area contributed by atoms with Gasteiger partial charge in [0, 0.05) is 23.6 Å². The van der Waals surface area contributed by atoms with E-state index in [1.54, 1.807) is 6.92 Å². The van der Waals surface area contributed by atoms with E-state index < -0.39 is 27.2 Å². The second-order valence-corrected chi connectivity index (χ2v) is 7.56. The van der Waals surface area contributed by atoms with Gasteiger partial charge in [-0.3, -0.25) is 25.7 Å². The minimum atomic E-state index is -1.19. The van der Waals surface area contributed by atoms with Crippen LogP contribution in [-0.2, 0) is 6.42 Å². The number of fused-ring (bicyclic) bond motifs is 1. The average Bonchev–Trinajstić information content (AvgIpc) is 2.94. The molecule has 3 rings (SSSR count). The number of anilines is 1. The number of carboxylic acids is 1. The van der Waals surface area contributed by atoms with Gasteiger partial charge in [-0.1, -0.05) is 13.8 Å². The standard InChI is InChI=1S/C18H18N4O7/c1-9-15-12(7-18(2,3)8-14(15)29-16(9)17(23)24)20-19-11-5-4-10(21(25)26)6-13(11)22(27)28/h4-6,19H,7-8H2,1-3H3,(H,23,24)/b20-12+. The number of benzene rings is 1. The number of nitrogens with zero attached hydrogens (tertiary/aromatic N) is 3. The molecule has 2 aromatic rings. The van der Waals surface area contributed by atoms with Crippen molar-refractivity contribution in [2.75, 3.05) is 5.43 Å². The Balaban J connectivity index is 2.05. The average molecular weight is 402 g/mol. The first-order valence-electron chi connectivity index (χ1n) is 8.61. The van der Waals surface area contributed by atoms with Gasteiger partial charge in [0.05, 0.1) is 21.6 Å². The number of non-ortho nitro benzene ring substituents is 1. The first kappa shape index (κ1) is 20.0. The van der Waals surface area contributed by atoms with E-state index in [1.807, 2.05) is 13.8 Å². The summed E-state index contributed by atoms with van der Waals surface area (Å²) in [6.45, 7) is 5.56. The minimum absolute atomic E-state index is 0.0161. The number of nitro benzene ring substituents is 2. The predicted molar refractivity (Wildman–Crippen MR) is 102 cm³/mol. The summed E-state index contributed by atoms with van der Waals surface area (Å²) < 4.78 is 5.53. The van der Waals surface area contributed by atoms with Crippen molar-refractivity contribution in [3.8, 4) is 0 Å². The van der Waals surface area contributed by atoms with E-state index in [2.05, 4.69) is 10.5 Å². The maximum atomic E-state index is 11.4. The Morgan fingerprint density at radius 3 is 2.52 bits per heavy atom. The summed E-state index contributed by atoms with van der Waals surface area (Å²) in [6.07, 6.45) is 1.00. The van der Waals surface area contributed by atoms with Crippen LogP contribution in [0, 0.1) is 32.6 Å². The van der Waals surface area contributed by atoms with E-state index in [4.69, 9.17) is 4.42 Å². The van der Waals surface area contributed by atoms with Gasteiger partial charge in [0.1, 0.15) is 11.4 Å². The highest BCUT2D eigenvalue weighted by Gasteiger charge is 2.36. The van der Waals surface area contributed by atoms with Crippen LogP contribution in [0.15, 0.2) is 27.7 Å². The van der Waals surface area contributed by atoms with Crippen molar-refractivity contribution < 1.29 is 24.2 Å². The topological polar surface area (TPSA) is 161 Å². The normalized spacial score (nSPS) is 16.3. The van der Waals surface area contributed by atoms with Gasteiger partial charge in [-0.2, -0.15) is 5.10 Å². The Bertz CT molecular complexity index is 1070. The van der Waals surface area contributed by atoms with Crippen LogP contribution in [0.25, 0.3) is 0 Å². The molecule has 29 heavy (non-hydrogen) atoms. The zero-order chi connectivity index (χ0) is 21.5. The fourth-order valence-electron chi connectivity index (χ4n) is 3.42. The van der Waals surface area contributed by atoms with Gasteiger partial charge < -0.3 is 9.52 Å². The highest BCUT2D eigenvalue weighted by molar-refractivity contribution is 6.06. The maximum absolute atomic E-state index is 11.4. The lowest BCUT2D eigenvalue weighted by Gasteiger charge is -2.29. The van der Waals surface area contributed by atoms with Crippen molar-refractivity contribution in [3.05, 3.63) is 61.1 Å². The van der Waals surface area contributed by atoms with Gasteiger partial charge in [-0.25, -0.2) is 4.79 Å². The van der Waals surface area contributed by atoms with Crippen LogP contribution in [0.1, 0.15) is 47.7 Å². The molecule has 11 heteroatoms. The van der Waals surface area contributed by atoms with E-state index in [0.717, 1.165) is 12.1 Å². The third-order valence-corrected chi connectivity index (χ3v) is 4.69. The van der Waals surface area contributed by atoms with Gasteiger partial charge in [0.25, 0.3) is 5.69 Å². The molecule has 0 aliphatic heterocycles. The lowest BCUT2D eigenvalue weighted by molar-refractivity contribution is -0.393. The Hall–Kier alpha value is -3.76. The molecule has 0 fully saturated rings. The van der Waals surface area contributed by atoms with E-state index >= 15 is 0 Å². The zero-order valence-corrected chi connectivity index (χ0v) is 15.9. The Morgan fingerprint density at radius 2 is 1.93 bits per heavy atom. The fraction of sp³-hybridized carbons (Fsp3) is 0.333. The number of rotatable bonds is 5. The summed E-state index contributed by atoms with van der Waals surface area (Å²) in [7, 11) is 0. The van der Waals surface area contributed by atoms with Crippen LogP contribution < -0.4 is 5.43 Å². The lowest BCUT2D eigenvalue weighted by Crippen LogP contribution is -2.27. The van der Waals surface area contributed by atoms with E-state index in [1.165, 1.54) is 6.07 Å². The van der Waals surface area contributed by atoms with Crippen molar-refractivity contribution in [1.29, 1.82) is 0 Å². The number of aromatic carboxylic acids is 1. The monoisotopic (exact) mass is 402 g/mol. The smallest absolute Gasteiger partial charge is 0.372 e. The molecule has 0 unspecified atom stereocenters. The van der Waals surface area contributed by atoms with E-state index in [9.17, 15) is 30.1 Å². The van der Waals surface area contributed by atoms with Crippen LogP contribution in [0.3, 0.4) is 0 Å². The third kappa shape index (κ3) is 3.79. The molecule has 0 amide bonds. The van der Waals surface area contributed by atoms with Crippen LogP contribution >= 0.6 is 0 Å². The fourth-order valence-corrected chi connectivity index (χ4v) is 3.42. The molecule has 1 aromatic carbocycles. The molecular weight excluding hydrogens is 384 g/mol. The molecule has 0 radical (unpaired) electrons. The number of hydrogen-bond donors (Lipinski definition) is 2. The van der Waals surface area contributed by atoms with Crippen molar-refractivity contribution in [1.82, 2.24) is 0 Å². The molecule has 11 nitrogen and oxygen atoms in total. The number of nitro groups is 2. The molecule has 2 N–H and O–H groups in total. The molecule has 0 spiro atoms. The highest BCUT2D eigenvalue weighted by atomic mass is 16.6. The lowest BCUT2D eigenvalue weighted by atomic mass is 9.75. The Kier molecular flexibility index (Phi) is 4.83. The SMILES string of the molecule is Cc1c(C(=O)O)oc2c1/C(=N/Nc1ccc([N+](=O)[O-])cc1[N+](=O)[O-])CC(C)(C)C2. The summed E-state index contributed by atoms with van der Waals surface area (Å²) in [4.78, 5) is 32.1. The van der Waals surface area contributed by atoms with Crippen LogP contribution in [0.4, 0.5) is 17.1 Å². The summed E-state index contributed by atoms with van der Waals surface area (Å²) >= 11 is 0. The van der Waals surface area contributed by atoms with Gasteiger partial charge in [-0.15, -0.1) is 0 Å². The molecule has 0 atom stereocenters. The van der Waals surface area contributed by atoms with Crippen molar-refractivity contribution >= 4 is 28.7 Å². The third-order valence-electron chi connectivity index (χ3n) is 4.69. The van der Waals surface area contributed by atoms with Crippen LogP contribution in [0.2, 0.25) is 0 Å². The minimum Gasteiger partial charge on any atom is -0.475 e. The summed E-state index contributed by atoms with van der Waals surface area (Å²) in [5, 5.41) is 35.8. The Labute approximate surface area is 164 Å². The number of hydrogen-bond acceptors (Lipinski definition) is 8. The second kappa shape index (κ2) is 7.00. The molecule has 152 valence electrons. The molecule has 0 bridgehead atoms. The summed E-state index contributed by atoms with van der Waals surface area (Å²) in [5.41, 5.74) is 2.92. The first-order valence-corrected chi connectivity index (χ1v) is 8.61. The molecule has 1 aliphatic carbocycles. The quantitative estimate of drug-likeness (QED) is 0.562. The summed E-state index contributed by atoms with van der Waals surface area (Å²) in [6, 6.07) is 3.20.